The Morgan fingerprint density at radius 1 is 1.53 bits per heavy atom. The number of carbonyl (C=O) groups excluding carboxylic acids is 1. The van der Waals surface area contributed by atoms with Gasteiger partial charge in [-0.15, -0.1) is 6.42 Å². The summed E-state index contributed by atoms with van der Waals surface area (Å²) >= 11 is 0. The molecule has 0 fully saturated rings. The van der Waals surface area contributed by atoms with Gasteiger partial charge >= 0.3 is 0 Å². The molecule has 3 N–H and O–H groups in total. The van der Waals surface area contributed by atoms with Crippen LogP contribution in [-0.2, 0) is 11.2 Å². The fourth-order valence-electron chi connectivity index (χ4n) is 2.12. The monoisotopic (exact) mass is 255 g/mol. The van der Waals surface area contributed by atoms with Crippen LogP contribution in [0.5, 0.6) is 0 Å². The van der Waals surface area contributed by atoms with Crippen molar-refractivity contribution in [2.24, 2.45) is 5.73 Å². The molecule has 19 heavy (non-hydrogen) atoms. The third kappa shape index (κ3) is 2.78. The minimum atomic E-state index is -0.572. The molecule has 2 aromatic rings. The average Bonchev–Trinajstić information content (AvgIpc) is 2.81. The molecule has 0 spiro atoms. The number of nitrogens with two attached hydrogens (primary N) is 1. The molecule has 0 aliphatic heterocycles. The molecule has 1 amide bonds. The number of aromatic nitrogens is 1. The van der Waals surface area contributed by atoms with Gasteiger partial charge in [0, 0.05) is 24.1 Å². The highest BCUT2D eigenvalue weighted by molar-refractivity contribution is 5.86. The Hall–Kier alpha value is -2.25. The highest BCUT2D eigenvalue weighted by Gasteiger charge is 2.19. The lowest BCUT2D eigenvalue weighted by molar-refractivity contribution is -0.130. The van der Waals surface area contributed by atoms with Crippen LogP contribution in [0.2, 0.25) is 0 Å². The zero-order chi connectivity index (χ0) is 13.8. The van der Waals surface area contributed by atoms with E-state index in [1.807, 2.05) is 30.5 Å². The molecule has 0 aliphatic rings. The summed E-state index contributed by atoms with van der Waals surface area (Å²) in [6.07, 6.45) is 7.59. The van der Waals surface area contributed by atoms with Crippen LogP contribution in [-0.4, -0.2) is 35.4 Å². The van der Waals surface area contributed by atoms with Gasteiger partial charge in [-0.25, -0.2) is 0 Å². The second-order valence-corrected chi connectivity index (χ2v) is 4.57. The fraction of sp³-hybridized carbons (Fsp3) is 0.267. The number of rotatable bonds is 4. The molecule has 0 aliphatic carbocycles. The predicted octanol–water partition coefficient (Wildman–Crippen LogP) is 1.13. The molecule has 0 unspecified atom stereocenters. The van der Waals surface area contributed by atoms with Crippen LogP contribution in [0.4, 0.5) is 0 Å². The van der Waals surface area contributed by atoms with E-state index in [-0.39, 0.29) is 12.5 Å². The van der Waals surface area contributed by atoms with E-state index in [1.165, 1.54) is 4.90 Å². The Morgan fingerprint density at radius 2 is 2.26 bits per heavy atom. The number of terminal acetylenes is 1. The fourth-order valence-corrected chi connectivity index (χ4v) is 2.12. The number of benzene rings is 1. The van der Waals surface area contributed by atoms with Crippen molar-refractivity contribution in [2.45, 2.75) is 12.5 Å². The highest BCUT2D eigenvalue weighted by Crippen LogP contribution is 2.18. The summed E-state index contributed by atoms with van der Waals surface area (Å²) in [7, 11) is 1.66. The first-order valence-electron chi connectivity index (χ1n) is 6.12. The summed E-state index contributed by atoms with van der Waals surface area (Å²) in [6.45, 7) is 0.278. The molecule has 1 heterocycles. The number of amides is 1. The molecule has 2 rings (SSSR count). The number of fused-ring (bicyclic) bond motifs is 1. The summed E-state index contributed by atoms with van der Waals surface area (Å²) in [6, 6.07) is 7.38. The normalized spacial score (nSPS) is 12.1. The largest absolute Gasteiger partial charge is 0.361 e. The second kappa shape index (κ2) is 5.59. The van der Waals surface area contributed by atoms with E-state index in [0.29, 0.717) is 6.42 Å². The van der Waals surface area contributed by atoms with Crippen LogP contribution < -0.4 is 5.73 Å². The van der Waals surface area contributed by atoms with Crippen LogP contribution in [0.1, 0.15) is 5.56 Å². The predicted molar refractivity (Wildman–Crippen MR) is 76.4 cm³/mol. The second-order valence-electron chi connectivity index (χ2n) is 4.57. The van der Waals surface area contributed by atoms with Crippen LogP contribution in [0.3, 0.4) is 0 Å². The summed E-state index contributed by atoms with van der Waals surface area (Å²) in [5.74, 6) is 2.30. The number of carbonyl (C=O) groups is 1. The zero-order valence-electron chi connectivity index (χ0n) is 10.9. The van der Waals surface area contributed by atoms with Gasteiger partial charge in [0.15, 0.2) is 0 Å². The maximum Gasteiger partial charge on any atom is 0.240 e. The molecule has 1 aromatic heterocycles. The van der Waals surface area contributed by atoms with E-state index in [0.717, 1.165) is 16.5 Å². The van der Waals surface area contributed by atoms with Crippen LogP contribution >= 0.6 is 0 Å². The Balaban J connectivity index is 2.13. The van der Waals surface area contributed by atoms with E-state index in [1.54, 1.807) is 7.05 Å². The maximum atomic E-state index is 12.0. The first-order valence-corrected chi connectivity index (χ1v) is 6.12. The van der Waals surface area contributed by atoms with Crippen molar-refractivity contribution in [2.75, 3.05) is 13.6 Å². The standard InChI is InChI=1S/C15H17N3O/c1-3-8-18(2)15(19)13(16)9-11-10-17-14-7-5-4-6-12(11)14/h1,4-7,10,13,17H,8-9,16H2,2H3/t13-/m1/s1. The summed E-state index contributed by atoms with van der Waals surface area (Å²) < 4.78 is 0. The van der Waals surface area contributed by atoms with Crippen LogP contribution in [0.15, 0.2) is 30.5 Å². The first kappa shape index (κ1) is 13.2. The number of H-pyrrole nitrogens is 1. The van der Waals surface area contributed by atoms with Crippen molar-refractivity contribution < 1.29 is 4.79 Å². The molecular weight excluding hydrogens is 238 g/mol. The first-order chi connectivity index (χ1) is 9.13. The number of hydrogen-bond donors (Lipinski definition) is 2. The lowest BCUT2D eigenvalue weighted by Gasteiger charge is -2.18. The van der Waals surface area contributed by atoms with E-state index in [9.17, 15) is 4.79 Å². The third-order valence-corrected chi connectivity index (χ3v) is 3.14. The van der Waals surface area contributed by atoms with Gasteiger partial charge in [-0.05, 0) is 18.1 Å². The molecule has 0 saturated heterocycles. The number of nitrogens with zero attached hydrogens (tertiary/aromatic N) is 1. The van der Waals surface area contributed by atoms with E-state index in [4.69, 9.17) is 12.2 Å². The van der Waals surface area contributed by atoms with E-state index in [2.05, 4.69) is 10.9 Å². The molecule has 1 aromatic carbocycles. The Labute approximate surface area is 112 Å². The molecule has 0 bridgehead atoms. The topological polar surface area (TPSA) is 62.1 Å². The SMILES string of the molecule is C#CCN(C)C(=O)[C@H](N)Cc1c[nH]c2ccccc12. The number of aromatic amines is 1. The van der Waals surface area contributed by atoms with Gasteiger partial charge in [0.2, 0.25) is 5.91 Å². The number of hydrogen-bond acceptors (Lipinski definition) is 2. The van der Waals surface area contributed by atoms with E-state index >= 15 is 0 Å². The molecule has 0 radical (unpaired) electrons. The minimum Gasteiger partial charge on any atom is -0.361 e. The van der Waals surface area contributed by atoms with Crippen molar-refractivity contribution in [1.82, 2.24) is 9.88 Å². The molecule has 98 valence electrons. The van der Waals surface area contributed by atoms with Gasteiger partial charge in [0.25, 0.3) is 0 Å². The quantitative estimate of drug-likeness (QED) is 0.804. The zero-order valence-corrected chi connectivity index (χ0v) is 10.9. The van der Waals surface area contributed by atoms with Crippen molar-refractivity contribution in [3.63, 3.8) is 0 Å². The van der Waals surface area contributed by atoms with Gasteiger partial charge in [-0.2, -0.15) is 0 Å². The average molecular weight is 255 g/mol. The lowest BCUT2D eigenvalue weighted by atomic mass is 10.0. The maximum absolute atomic E-state index is 12.0. The number of likely N-dealkylation sites (N-methyl/N-ethyl adjacent to an activating group) is 1. The van der Waals surface area contributed by atoms with Crippen molar-refractivity contribution in [3.05, 3.63) is 36.0 Å². The van der Waals surface area contributed by atoms with Crippen molar-refractivity contribution in [1.29, 1.82) is 0 Å². The summed E-state index contributed by atoms with van der Waals surface area (Å²) in [4.78, 5) is 16.6. The number of nitrogens with one attached hydrogen (secondary N) is 1. The van der Waals surface area contributed by atoms with Gasteiger partial charge in [-0.3, -0.25) is 4.79 Å². The summed E-state index contributed by atoms with van der Waals surface area (Å²) in [5, 5.41) is 1.10. The Kier molecular flexibility index (Phi) is 3.88. The molecular formula is C15H17N3O. The molecule has 1 atom stereocenters. The third-order valence-electron chi connectivity index (χ3n) is 3.14. The Morgan fingerprint density at radius 3 is 3.00 bits per heavy atom. The van der Waals surface area contributed by atoms with E-state index < -0.39 is 6.04 Å². The van der Waals surface area contributed by atoms with Crippen molar-refractivity contribution in [3.8, 4) is 12.3 Å². The van der Waals surface area contributed by atoms with Gasteiger partial charge in [-0.1, -0.05) is 24.1 Å². The van der Waals surface area contributed by atoms with Gasteiger partial charge in [0.05, 0.1) is 12.6 Å². The number of para-hydroxylation sites is 1. The molecule has 0 saturated carbocycles. The molecule has 4 heteroatoms. The van der Waals surface area contributed by atoms with Crippen LogP contribution in [0, 0.1) is 12.3 Å². The summed E-state index contributed by atoms with van der Waals surface area (Å²) in [5.41, 5.74) is 8.05. The van der Waals surface area contributed by atoms with Gasteiger partial charge in [0.1, 0.15) is 0 Å². The lowest BCUT2D eigenvalue weighted by Crippen LogP contribution is -2.43. The smallest absolute Gasteiger partial charge is 0.240 e. The van der Waals surface area contributed by atoms with Gasteiger partial charge < -0.3 is 15.6 Å². The van der Waals surface area contributed by atoms with Crippen molar-refractivity contribution >= 4 is 16.8 Å². The highest BCUT2D eigenvalue weighted by atomic mass is 16.2. The Bertz CT molecular complexity index is 624. The minimum absolute atomic E-state index is 0.136. The molecule has 4 nitrogen and oxygen atoms in total. The van der Waals surface area contributed by atoms with Crippen LogP contribution in [0.25, 0.3) is 10.9 Å².